The number of carboxylic acids is 3. The molecule has 54 heavy (non-hydrogen) atoms. The van der Waals surface area contributed by atoms with Crippen LogP contribution in [0.1, 0.15) is 291 Å². The SMILES string of the molecule is CCCCCC.CCCCCCCCCCCCCC(=O)O.CCCCCCCCCCCCCC(=O)O.CCCCCCCCCCCCCC(=O)O. The molecule has 0 atom stereocenters. The first-order valence-corrected chi connectivity index (χ1v) is 23.9. The summed E-state index contributed by atoms with van der Waals surface area (Å²) in [6, 6.07) is 0. The highest BCUT2D eigenvalue weighted by Gasteiger charge is 1.99. The average molecular weight is 771 g/mol. The van der Waals surface area contributed by atoms with Crippen LogP contribution in [0.15, 0.2) is 0 Å². The normalized spacial score (nSPS) is 10.4. The summed E-state index contributed by atoms with van der Waals surface area (Å²) in [5, 5.41) is 25.4. The highest BCUT2D eigenvalue weighted by atomic mass is 16.4. The van der Waals surface area contributed by atoms with Crippen molar-refractivity contribution in [1.29, 1.82) is 0 Å². The van der Waals surface area contributed by atoms with Crippen molar-refractivity contribution in [1.82, 2.24) is 0 Å². The number of unbranched alkanes of at least 4 members (excludes halogenated alkanes) is 33. The predicted octanol–water partition coefficient (Wildman–Crippen LogP) is 16.9. The Kier molecular flexibility index (Phi) is 63.6. The molecule has 0 aliphatic rings. The van der Waals surface area contributed by atoms with E-state index in [1.807, 2.05) is 0 Å². The minimum Gasteiger partial charge on any atom is -0.481 e. The summed E-state index contributed by atoms with van der Waals surface area (Å²) in [7, 11) is 0. The summed E-state index contributed by atoms with van der Waals surface area (Å²) >= 11 is 0. The maximum absolute atomic E-state index is 10.3. The fourth-order valence-electron chi connectivity index (χ4n) is 6.32. The van der Waals surface area contributed by atoms with Crippen molar-refractivity contribution < 1.29 is 29.7 Å². The van der Waals surface area contributed by atoms with Gasteiger partial charge < -0.3 is 15.3 Å². The monoisotopic (exact) mass is 771 g/mol. The van der Waals surface area contributed by atoms with Gasteiger partial charge in [0, 0.05) is 19.3 Å². The topological polar surface area (TPSA) is 112 Å². The molecule has 3 N–H and O–H groups in total. The third-order valence-corrected chi connectivity index (χ3v) is 9.94. The van der Waals surface area contributed by atoms with Crippen LogP contribution in [-0.4, -0.2) is 33.2 Å². The van der Waals surface area contributed by atoms with Crippen LogP contribution in [-0.2, 0) is 14.4 Å². The molecule has 0 rings (SSSR count). The lowest BCUT2D eigenvalue weighted by Crippen LogP contribution is -1.93. The van der Waals surface area contributed by atoms with Gasteiger partial charge in [0.15, 0.2) is 0 Å². The average Bonchev–Trinajstić information content (AvgIpc) is 3.14. The number of aliphatic carboxylic acids is 3. The summed E-state index contributed by atoms with van der Waals surface area (Å²) in [4.78, 5) is 30.8. The molecule has 0 aromatic carbocycles. The number of hydrogen-bond acceptors (Lipinski definition) is 3. The highest BCUT2D eigenvalue weighted by Crippen LogP contribution is 2.14. The molecule has 6 nitrogen and oxygen atoms in total. The molecule has 0 bridgehead atoms. The van der Waals surface area contributed by atoms with Gasteiger partial charge in [0.25, 0.3) is 0 Å². The summed E-state index contributed by atoms with van der Waals surface area (Å²) in [5.74, 6) is -1.97. The molecule has 0 saturated heterocycles. The maximum atomic E-state index is 10.3. The molecule has 0 fully saturated rings. The Morgan fingerprint density at radius 2 is 0.333 bits per heavy atom. The fraction of sp³-hybridized carbons (Fsp3) is 0.938. The summed E-state index contributed by atoms with van der Waals surface area (Å²) in [6.07, 6.45) is 48.6. The number of hydrogen-bond donors (Lipinski definition) is 3. The molecule has 0 aromatic rings. The van der Waals surface area contributed by atoms with Gasteiger partial charge >= 0.3 is 17.9 Å². The van der Waals surface area contributed by atoms with Crippen molar-refractivity contribution in [2.45, 2.75) is 291 Å². The van der Waals surface area contributed by atoms with E-state index in [1.165, 1.54) is 199 Å². The first kappa shape index (κ1) is 59.1. The molecule has 326 valence electrons. The fourth-order valence-corrected chi connectivity index (χ4v) is 6.32. The van der Waals surface area contributed by atoms with E-state index in [0.717, 1.165) is 38.5 Å². The Balaban J connectivity index is -0.000000322. The highest BCUT2D eigenvalue weighted by molar-refractivity contribution is 5.67. The first-order valence-electron chi connectivity index (χ1n) is 23.9. The quantitative estimate of drug-likeness (QED) is 0.0537. The minimum absolute atomic E-state index is 0.344. The van der Waals surface area contributed by atoms with Gasteiger partial charge in [0.1, 0.15) is 0 Å². The van der Waals surface area contributed by atoms with Crippen LogP contribution in [0.25, 0.3) is 0 Å². The van der Waals surface area contributed by atoms with Crippen molar-refractivity contribution >= 4 is 17.9 Å². The van der Waals surface area contributed by atoms with Crippen LogP contribution in [0.5, 0.6) is 0 Å². The second kappa shape index (κ2) is 58.1. The van der Waals surface area contributed by atoms with E-state index >= 15 is 0 Å². The van der Waals surface area contributed by atoms with Crippen LogP contribution in [0, 0.1) is 0 Å². The lowest BCUT2D eigenvalue weighted by Gasteiger charge is -2.01. The van der Waals surface area contributed by atoms with Gasteiger partial charge in [0.05, 0.1) is 0 Å². The molecule has 0 amide bonds. The van der Waals surface area contributed by atoms with Crippen molar-refractivity contribution in [3.8, 4) is 0 Å². The van der Waals surface area contributed by atoms with Crippen LogP contribution < -0.4 is 0 Å². The first-order chi connectivity index (χ1) is 26.2. The third-order valence-electron chi connectivity index (χ3n) is 9.94. The van der Waals surface area contributed by atoms with Crippen LogP contribution in [0.2, 0.25) is 0 Å². The smallest absolute Gasteiger partial charge is 0.303 e. The predicted molar refractivity (Wildman–Crippen MR) is 236 cm³/mol. The Bertz CT molecular complexity index is 605. The molecule has 6 heteroatoms. The van der Waals surface area contributed by atoms with Crippen LogP contribution in [0.4, 0.5) is 0 Å². The largest absolute Gasteiger partial charge is 0.481 e. The molecule has 0 heterocycles. The molecule has 0 radical (unpaired) electrons. The molecule has 0 saturated carbocycles. The van der Waals surface area contributed by atoms with Gasteiger partial charge in [-0.2, -0.15) is 0 Å². The van der Waals surface area contributed by atoms with E-state index in [0.29, 0.717) is 19.3 Å². The van der Waals surface area contributed by atoms with E-state index < -0.39 is 17.9 Å². The van der Waals surface area contributed by atoms with Gasteiger partial charge in [-0.15, -0.1) is 0 Å². The Hall–Kier alpha value is -1.59. The maximum Gasteiger partial charge on any atom is 0.303 e. The Morgan fingerprint density at radius 1 is 0.222 bits per heavy atom. The van der Waals surface area contributed by atoms with Crippen molar-refractivity contribution in [2.75, 3.05) is 0 Å². The Morgan fingerprint density at radius 3 is 0.463 bits per heavy atom. The molecule has 0 aliphatic carbocycles. The molecular formula is C48H98O6. The summed E-state index contributed by atoms with van der Waals surface area (Å²) in [5.41, 5.74) is 0. The van der Waals surface area contributed by atoms with Gasteiger partial charge in [-0.3, -0.25) is 14.4 Å². The van der Waals surface area contributed by atoms with E-state index in [-0.39, 0.29) is 0 Å². The number of rotatable bonds is 39. The van der Waals surface area contributed by atoms with Gasteiger partial charge in [-0.25, -0.2) is 0 Å². The zero-order valence-corrected chi connectivity index (χ0v) is 37.4. The van der Waals surface area contributed by atoms with Crippen molar-refractivity contribution in [3.63, 3.8) is 0 Å². The number of carboxylic acid groups (broad SMARTS) is 3. The van der Waals surface area contributed by atoms with Crippen LogP contribution >= 0.6 is 0 Å². The summed E-state index contributed by atoms with van der Waals surface area (Å²) < 4.78 is 0. The Labute approximate surface area is 338 Å². The van der Waals surface area contributed by atoms with E-state index in [4.69, 9.17) is 15.3 Å². The molecule has 0 aromatic heterocycles. The van der Waals surface area contributed by atoms with Crippen molar-refractivity contribution in [3.05, 3.63) is 0 Å². The van der Waals surface area contributed by atoms with Gasteiger partial charge in [-0.1, -0.05) is 253 Å². The molecular weight excluding hydrogens is 673 g/mol. The molecule has 0 aliphatic heterocycles. The second-order valence-corrected chi connectivity index (χ2v) is 15.7. The van der Waals surface area contributed by atoms with E-state index in [1.54, 1.807) is 0 Å². The molecule has 0 unspecified atom stereocenters. The second-order valence-electron chi connectivity index (χ2n) is 15.7. The lowest BCUT2D eigenvalue weighted by atomic mass is 10.1. The van der Waals surface area contributed by atoms with E-state index in [2.05, 4.69) is 34.6 Å². The lowest BCUT2D eigenvalue weighted by molar-refractivity contribution is -0.138. The minimum atomic E-state index is -0.657. The standard InChI is InChI=1S/3C14H28O2.C6H14/c3*1-2-3-4-5-6-7-8-9-10-11-12-13-14(15)16;1-3-5-6-4-2/h3*2-13H2,1H3,(H,15,16);3-6H2,1-2H3. The van der Waals surface area contributed by atoms with Crippen molar-refractivity contribution in [2.24, 2.45) is 0 Å². The molecule has 0 spiro atoms. The number of carbonyl (C=O) groups is 3. The zero-order valence-electron chi connectivity index (χ0n) is 37.4. The van der Waals surface area contributed by atoms with Crippen LogP contribution in [0.3, 0.4) is 0 Å². The summed E-state index contributed by atoms with van der Waals surface area (Å²) in [6.45, 7) is 11.2. The zero-order chi connectivity index (χ0) is 41.0. The van der Waals surface area contributed by atoms with Gasteiger partial charge in [0.2, 0.25) is 0 Å². The third kappa shape index (κ3) is 75.4. The van der Waals surface area contributed by atoms with E-state index in [9.17, 15) is 14.4 Å². The van der Waals surface area contributed by atoms with Gasteiger partial charge in [-0.05, 0) is 19.3 Å².